The number of rotatable bonds is 57. The molecule has 6 nitrogen and oxygen atoms in total. The lowest BCUT2D eigenvalue weighted by Gasteiger charge is -2.18. The lowest BCUT2D eigenvalue weighted by molar-refractivity contribution is -0.167. The molecule has 0 aromatic rings. The lowest BCUT2D eigenvalue weighted by Crippen LogP contribution is -2.30. The molecule has 6 heteroatoms. The zero-order valence-electron chi connectivity index (χ0n) is 52.4. The van der Waals surface area contributed by atoms with Crippen LogP contribution in [0.15, 0.2) is 182 Å². The molecule has 0 saturated heterocycles. The monoisotopic (exact) mass is 1130 g/mol. The summed E-state index contributed by atoms with van der Waals surface area (Å²) in [6, 6.07) is 0. The van der Waals surface area contributed by atoms with Crippen LogP contribution in [0.5, 0.6) is 0 Å². The molecule has 458 valence electrons. The molecule has 0 aliphatic heterocycles. The van der Waals surface area contributed by atoms with E-state index in [9.17, 15) is 14.4 Å². The molecule has 1 atom stereocenters. The molecule has 82 heavy (non-hydrogen) atoms. The molecule has 0 heterocycles. The molecule has 0 saturated carbocycles. The summed E-state index contributed by atoms with van der Waals surface area (Å²) in [5.41, 5.74) is 0. The second kappa shape index (κ2) is 68.0. The van der Waals surface area contributed by atoms with Crippen LogP contribution in [0.2, 0.25) is 0 Å². The highest BCUT2D eigenvalue weighted by molar-refractivity contribution is 5.71. The highest BCUT2D eigenvalue weighted by atomic mass is 16.6. The second-order valence-corrected chi connectivity index (χ2v) is 20.9. The van der Waals surface area contributed by atoms with Crippen LogP contribution >= 0.6 is 0 Å². The Bertz CT molecular complexity index is 1920. The predicted molar refractivity (Wildman–Crippen MR) is 357 cm³/mol. The van der Waals surface area contributed by atoms with E-state index in [1.807, 2.05) is 0 Å². The van der Waals surface area contributed by atoms with E-state index in [1.54, 1.807) is 0 Å². The predicted octanol–water partition coefficient (Wildman–Crippen LogP) is 22.8. The largest absolute Gasteiger partial charge is 0.462 e. The number of carbonyl (C=O) groups excluding carboxylic acids is 3. The molecular weight excluding hydrogens is 1010 g/mol. The summed E-state index contributed by atoms with van der Waals surface area (Å²) in [6.07, 6.45) is 102. The summed E-state index contributed by atoms with van der Waals surface area (Å²) in [6.45, 7) is 6.32. The first-order chi connectivity index (χ1) is 40.5. The van der Waals surface area contributed by atoms with Gasteiger partial charge in [0.15, 0.2) is 6.10 Å². The van der Waals surface area contributed by atoms with Gasteiger partial charge in [0.05, 0.1) is 0 Å². The maximum Gasteiger partial charge on any atom is 0.306 e. The van der Waals surface area contributed by atoms with E-state index < -0.39 is 6.10 Å². The number of unbranched alkanes of at least 4 members (excludes halogenated alkanes) is 16. The van der Waals surface area contributed by atoms with Crippen molar-refractivity contribution in [1.29, 1.82) is 0 Å². The first kappa shape index (κ1) is 76.5. The average molecular weight is 1130 g/mol. The van der Waals surface area contributed by atoms with Gasteiger partial charge in [0, 0.05) is 19.3 Å². The van der Waals surface area contributed by atoms with Gasteiger partial charge in [-0.3, -0.25) is 14.4 Å². The first-order valence-electron chi connectivity index (χ1n) is 32.8. The maximum atomic E-state index is 12.9. The first-order valence-corrected chi connectivity index (χ1v) is 32.8. The molecule has 0 aromatic carbocycles. The quantitative estimate of drug-likeness (QED) is 0.0261. The van der Waals surface area contributed by atoms with Crippen molar-refractivity contribution >= 4 is 17.9 Å². The van der Waals surface area contributed by atoms with Gasteiger partial charge < -0.3 is 14.2 Å². The smallest absolute Gasteiger partial charge is 0.306 e. The second-order valence-electron chi connectivity index (χ2n) is 20.9. The van der Waals surface area contributed by atoms with Crippen LogP contribution in [0.4, 0.5) is 0 Å². The van der Waals surface area contributed by atoms with E-state index >= 15 is 0 Å². The van der Waals surface area contributed by atoms with Gasteiger partial charge in [-0.05, 0) is 161 Å². The van der Waals surface area contributed by atoms with Gasteiger partial charge >= 0.3 is 17.9 Å². The third-order valence-electron chi connectivity index (χ3n) is 13.1. The Morgan fingerprint density at radius 2 is 0.476 bits per heavy atom. The van der Waals surface area contributed by atoms with Crippen LogP contribution in [-0.2, 0) is 28.6 Å². The van der Waals surface area contributed by atoms with Crippen molar-refractivity contribution in [2.45, 2.75) is 264 Å². The van der Waals surface area contributed by atoms with Crippen LogP contribution in [0.3, 0.4) is 0 Å². The van der Waals surface area contributed by atoms with Crippen molar-refractivity contribution in [2.24, 2.45) is 0 Å². The van der Waals surface area contributed by atoms with E-state index in [2.05, 4.69) is 203 Å². The van der Waals surface area contributed by atoms with E-state index in [4.69, 9.17) is 14.2 Å². The van der Waals surface area contributed by atoms with Crippen LogP contribution < -0.4 is 0 Å². The summed E-state index contributed by atoms with van der Waals surface area (Å²) in [4.78, 5) is 38.3. The third kappa shape index (κ3) is 65.3. The number of hydrogen-bond acceptors (Lipinski definition) is 6. The fraction of sp³-hybridized carbons (Fsp3) is 0.566. The molecule has 0 spiro atoms. The molecule has 0 aromatic heterocycles. The highest BCUT2D eigenvalue weighted by Crippen LogP contribution is 2.13. The molecule has 0 N–H and O–H groups in total. The number of carbonyl (C=O) groups is 3. The Kier molecular flexibility index (Phi) is 63.5. The molecule has 0 radical (unpaired) electrons. The fourth-order valence-corrected chi connectivity index (χ4v) is 8.28. The number of hydrogen-bond donors (Lipinski definition) is 0. The average Bonchev–Trinajstić information content (AvgIpc) is 3.47. The van der Waals surface area contributed by atoms with Crippen molar-refractivity contribution in [3.63, 3.8) is 0 Å². The van der Waals surface area contributed by atoms with Crippen molar-refractivity contribution in [2.75, 3.05) is 13.2 Å². The fourth-order valence-electron chi connectivity index (χ4n) is 8.28. The van der Waals surface area contributed by atoms with Crippen LogP contribution in [0, 0.1) is 0 Å². The Morgan fingerprint density at radius 3 is 0.768 bits per heavy atom. The number of allylic oxidation sites excluding steroid dienone is 30. The van der Waals surface area contributed by atoms with Crippen LogP contribution in [0.1, 0.15) is 258 Å². The van der Waals surface area contributed by atoms with Gasteiger partial charge in [-0.1, -0.05) is 261 Å². The van der Waals surface area contributed by atoms with Crippen molar-refractivity contribution in [3.05, 3.63) is 182 Å². The minimum atomic E-state index is -0.817. The molecule has 0 rings (SSSR count). The number of esters is 3. The van der Waals surface area contributed by atoms with Gasteiger partial charge in [-0.2, -0.15) is 0 Å². The molecule has 0 aliphatic carbocycles. The zero-order valence-corrected chi connectivity index (χ0v) is 52.4. The third-order valence-corrected chi connectivity index (χ3v) is 13.1. The van der Waals surface area contributed by atoms with Crippen molar-refractivity contribution < 1.29 is 28.6 Å². The standard InChI is InChI=1S/C76H118O6/c1-4-7-10-13-16-19-22-25-27-29-31-33-34-35-36-37-38-39-40-41-42-44-45-47-49-51-54-57-60-63-66-69-75(78)81-72-73(71-80-74(77)68-65-62-59-56-53-24-21-18-15-12-9-6-3)82-76(79)70-67-64-61-58-55-52-50-48-46-43-32-30-28-26-23-20-17-14-11-8-5-2/h7-8,10-11,16-21,25-28,31-33,35-36,38-39,41-43,45,47-48,50-51,54,73H,4-6,9,12-15,22-24,29-30,34,37,40,44,46,49,52-53,55-72H2,1-3H3/b10-7-,11-8-,19-16-,20-17-,21-18-,27-25-,28-26-,33-31-,36-35-,39-38-,42-41-,43-32-,47-45-,50-48-,54-51-. The zero-order chi connectivity index (χ0) is 59.2. The summed E-state index contributed by atoms with van der Waals surface area (Å²) in [5.74, 6) is -0.978. The summed E-state index contributed by atoms with van der Waals surface area (Å²) >= 11 is 0. The Morgan fingerprint density at radius 1 is 0.256 bits per heavy atom. The highest BCUT2D eigenvalue weighted by Gasteiger charge is 2.19. The topological polar surface area (TPSA) is 78.9 Å². The normalized spacial score (nSPS) is 13.4. The summed E-state index contributed by atoms with van der Waals surface area (Å²) < 4.78 is 16.9. The van der Waals surface area contributed by atoms with Gasteiger partial charge in [0.25, 0.3) is 0 Å². The SMILES string of the molecule is CC/C=C\C/C=C\C/C=C\C/C=C\C/C=C\C/C=C\C/C=C\C/C=C\C/C=C\CCCCCC(=O)OCC(COC(=O)CCCCCCC/C=C\CCCCC)OC(=O)CCCCCCC/C=C\C/C=C\C/C=C\C/C=C\C/C=C\CC. The minimum absolute atomic E-state index is 0.110. The molecule has 0 aliphatic rings. The molecule has 0 amide bonds. The van der Waals surface area contributed by atoms with E-state index in [0.717, 1.165) is 186 Å². The molecular formula is C76H118O6. The minimum Gasteiger partial charge on any atom is -0.462 e. The lowest BCUT2D eigenvalue weighted by atomic mass is 10.1. The molecule has 0 bridgehead atoms. The Hall–Kier alpha value is -5.49. The molecule has 1 unspecified atom stereocenters. The van der Waals surface area contributed by atoms with Crippen molar-refractivity contribution in [3.8, 4) is 0 Å². The van der Waals surface area contributed by atoms with E-state index in [0.29, 0.717) is 12.8 Å². The number of ether oxygens (including phenoxy) is 3. The van der Waals surface area contributed by atoms with Crippen LogP contribution in [-0.4, -0.2) is 37.2 Å². The van der Waals surface area contributed by atoms with E-state index in [1.165, 1.54) is 32.1 Å². The van der Waals surface area contributed by atoms with Gasteiger partial charge in [-0.15, -0.1) is 0 Å². The van der Waals surface area contributed by atoms with Gasteiger partial charge in [0.1, 0.15) is 13.2 Å². The summed E-state index contributed by atoms with van der Waals surface area (Å²) in [7, 11) is 0. The van der Waals surface area contributed by atoms with Crippen molar-refractivity contribution in [1.82, 2.24) is 0 Å². The maximum absolute atomic E-state index is 12.9. The van der Waals surface area contributed by atoms with Gasteiger partial charge in [-0.25, -0.2) is 0 Å². The Balaban J connectivity index is 4.44. The molecule has 0 fully saturated rings. The van der Waals surface area contributed by atoms with Gasteiger partial charge in [0.2, 0.25) is 0 Å². The Labute approximate surface area is 504 Å². The summed E-state index contributed by atoms with van der Waals surface area (Å²) in [5, 5.41) is 0. The van der Waals surface area contributed by atoms with Crippen LogP contribution in [0.25, 0.3) is 0 Å². The van der Waals surface area contributed by atoms with E-state index in [-0.39, 0.29) is 37.5 Å².